The zero-order valence-electron chi connectivity index (χ0n) is 9.79. The second-order valence-electron chi connectivity index (χ2n) is 4.50. The van der Waals surface area contributed by atoms with Gasteiger partial charge < -0.3 is 9.84 Å². The maximum absolute atomic E-state index is 9.86. The van der Waals surface area contributed by atoms with Crippen LogP contribution in [0.2, 0.25) is 0 Å². The molecule has 0 amide bonds. The summed E-state index contributed by atoms with van der Waals surface area (Å²) in [5.74, 6) is 0. The maximum atomic E-state index is 9.86. The van der Waals surface area contributed by atoms with Crippen LogP contribution in [0.4, 0.5) is 0 Å². The summed E-state index contributed by atoms with van der Waals surface area (Å²) < 4.78 is 5.41. The fourth-order valence-corrected chi connectivity index (χ4v) is 2.22. The molecule has 1 saturated heterocycles. The van der Waals surface area contributed by atoms with Crippen molar-refractivity contribution in [2.24, 2.45) is 0 Å². The lowest BCUT2D eigenvalue weighted by molar-refractivity contribution is -0.0944. The highest BCUT2D eigenvalue weighted by molar-refractivity contribution is 4.93. The molecule has 84 valence electrons. The number of hydrogen-bond donors (Lipinski definition) is 1. The van der Waals surface area contributed by atoms with E-state index in [4.69, 9.17) is 4.74 Å². The first kappa shape index (κ1) is 12.0. The first-order valence-corrected chi connectivity index (χ1v) is 5.55. The molecule has 14 heavy (non-hydrogen) atoms. The third kappa shape index (κ3) is 2.10. The van der Waals surface area contributed by atoms with E-state index in [1.165, 1.54) is 0 Å². The van der Waals surface area contributed by atoms with Crippen molar-refractivity contribution < 1.29 is 9.84 Å². The van der Waals surface area contributed by atoms with Gasteiger partial charge in [-0.25, -0.2) is 0 Å². The van der Waals surface area contributed by atoms with E-state index in [1.54, 1.807) is 0 Å². The zero-order chi connectivity index (χ0) is 10.8. The van der Waals surface area contributed by atoms with Crippen molar-refractivity contribution in [3.63, 3.8) is 0 Å². The van der Waals surface area contributed by atoms with Crippen LogP contribution in [0, 0.1) is 0 Å². The smallest absolute Gasteiger partial charge is 0.0693 e. The molecule has 0 aromatic rings. The monoisotopic (exact) mass is 201 g/mol. The molecule has 0 bridgehead atoms. The Balaban J connectivity index is 2.76. The van der Waals surface area contributed by atoms with Gasteiger partial charge in [0.25, 0.3) is 0 Å². The van der Waals surface area contributed by atoms with E-state index in [1.807, 2.05) is 6.92 Å². The Bertz CT molecular complexity index is 184. The van der Waals surface area contributed by atoms with Gasteiger partial charge in [0.15, 0.2) is 0 Å². The van der Waals surface area contributed by atoms with Crippen molar-refractivity contribution in [1.29, 1.82) is 0 Å². The van der Waals surface area contributed by atoms with E-state index >= 15 is 0 Å². The van der Waals surface area contributed by atoms with Crippen molar-refractivity contribution >= 4 is 0 Å². The second-order valence-corrected chi connectivity index (χ2v) is 4.50. The quantitative estimate of drug-likeness (QED) is 0.746. The average Bonchev–Trinajstić information content (AvgIpc) is 2.17. The second kappa shape index (κ2) is 4.60. The van der Waals surface area contributed by atoms with Crippen LogP contribution in [-0.2, 0) is 4.74 Å². The first-order valence-electron chi connectivity index (χ1n) is 5.55. The van der Waals surface area contributed by atoms with Crippen LogP contribution in [-0.4, -0.2) is 47.4 Å². The van der Waals surface area contributed by atoms with Crippen molar-refractivity contribution in [2.75, 3.05) is 19.8 Å². The van der Waals surface area contributed by atoms with Gasteiger partial charge >= 0.3 is 0 Å². The minimum atomic E-state index is -0.298. The number of morpholine rings is 1. The molecular formula is C11H23NO2. The Morgan fingerprint density at radius 2 is 2.29 bits per heavy atom. The molecule has 1 fully saturated rings. The molecule has 0 radical (unpaired) electrons. The lowest BCUT2D eigenvalue weighted by Crippen LogP contribution is -2.60. The van der Waals surface area contributed by atoms with Gasteiger partial charge in [-0.05, 0) is 27.2 Å². The predicted octanol–water partition coefficient (Wildman–Crippen LogP) is 1.26. The normalized spacial score (nSPS) is 31.1. The standard InChI is InChI=1S/C11H23NO2/c1-5-11(4,10(3)13)12-6-7-14-8-9(12)2/h9-10,13H,5-8H2,1-4H3. The summed E-state index contributed by atoms with van der Waals surface area (Å²) in [6.45, 7) is 10.8. The molecule has 1 aliphatic rings. The summed E-state index contributed by atoms with van der Waals surface area (Å²) in [6.07, 6.45) is 0.669. The van der Waals surface area contributed by atoms with Gasteiger partial charge in [-0.1, -0.05) is 6.92 Å². The topological polar surface area (TPSA) is 32.7 Å². The SMILES string of the molecule is CCC(C)(C(C)O)N1CCOCC1C. The lowest BCUT2D eigenvalue weighted by Gasteiger charge is -2.48. The van der Waals surface area contributed by atoms with E-state index in [0.29, 0.717) is 6.04 Å². The molecule has 3 unspecified atom stereocenters. The van der Waals surface area contributed by atoms with Crippen molar-refractivity contribution in [3.05, 3.63) is 0 Å². The molecule has 0 aliphatic carbocycles. The molecule has 0 saturated carbocycles. The number of aliphatic hydroxyl groups excluding tert-OH is 1. The summed E-state index contributed by atoms with van der Waals surface area (Å²) in [5, 5.41) is 9.86. The molecule has 1 heterocycles. The van der Waals surface area contributed by atoms with Crippen LogP contribution in [0.5, 0.6) is 0 Å². The molecule has 1 N–H and O–H groups in total. The molecule has 0 spiro atoms. The van der Waals surface area contributed by atoms with Crippen molar-refractivity contribution in [1.82, 2.24) is 4.90 Å². The van der Waals surface area contributed by atoms with E-state index in [-0.39, 0.29) is 11.6 Å². The van der Waals surface area contributed by atoms with Crippen LogP contribution in [0.15, 0.2) is 0 Å². The van der Waals surface area contributed by atoms with Crippen LogP contribution < -0.4 is 0 Å². The summed E-state index contributed by atoms with van der Waals surface area (Å²) in [6, 6.07) is 0.406. The molecule has 3 nitrogen and oxygen atoms in total. The van der Waals surface area contributed by atoms with Crippen LogP contribution >= 0.6 is 0 Å². The highest BCUT2D eigenvalue weighted by Crippen LogP contribution is 2.27. The van der Waals surface area contributed by atoms with Crippen LogP contribution in [0.1, 0.15) is 34.1 Å². The Hall–Kier alpha value is -0.120. The minimum absolute atomic E-state index is 0.108. The summed E-state index contributed by atoms with van der Waals surface area (Å²) in [4.78, 5) is 2.38. The summed E-state index contributed by atoms with van der Waals surface area (Å²) in [5.41, 5.74) is -0.108. The molecular weight excluding hydrogens is 178 g/mol. The van der Waals surface area contributed by atoms with Gasteiger partial charge in [-0.3, -0.25) is 4.90 Å². The van der Waals surface area contributed by atoms with E-state index in [2.05, 4.69) is 25.7 Å². The maximum Gasteiger partial charge on any atom is 0.0693 e. The third-order valence-corrected chi connectivity index (χ3v) is 3.64. The van der Waals surface area contributed by atoms with E-state index in [0.717, 1.165) is 26.2 Å². The van der Waals surface area contributed by atoms with Crippen LogP contribution in [0.3, 0.4) is 0 Å². The molecule has 1 aliphatic heterocycles. The number of hydrogen-bond acceptors (Lipinski definition) is 3. The zero-order valence-corrected chi connectivity index (χ0v) is 9.79. The fraction of sp³-hybridized carbons (Fsp3) is 1.00. The Labute approximate surface area is 87.1 Å². The number of ether oxygens (including phenoxy) is 1. The molecule has 0 aromatic carbocycles. The van der Waals surface area contributed by atoms with E-state index < -0.39 is 0 Å². The number of aliphatic hydroxyl groups is 1. The fourth-order valence-electron chi connectivity index (χ4n) is 2.22. The van der Waals surface area contributed by atoms with Gasteiger partial charge in [0, 0.05) is 18.1 Å². The number of rotatable bonds is 3. The van der Waals surface area contributed by atoms with Gasteiger partial charge in [0.05, 0.1) is 19.3 Å². The first-order chi connectivity index (χ1) is 6.52. The molecule has 3 heteroatoms. The number of nitrogens with zero attached hydrogens (tertiary/aromatic N) is 1. The van der Waals surface area contributed by atoms with Crippen LogP contribution in [0.25, 0.3) is 0 Å². The van der Waals surface area contributed by atoms with Crippen molar-refractivity contribution in [3.8, 4) is 0 Å². The summed E-state index contributed by atoms with van der Waals surface area (Å²) in [7, 11) is 0. The van der Waals surface area contributed by atoms with Gasteiger partial charge in [0.1, 0.15) is 0 Å². The minimum Gasteiger partial charge on any atom is -0.391 e. The Kier molecular flexibility index (Phi) is 3.93. The third-order valence-electron chi connectivity index (χ3n) is 3.64. The molecule has 1 rings (SSSR count). The van der Waals surface area contributed by atoms with Gasteiger partial charge in [-0.2, -0.15) is 0 Å². The van der Waals surface area contributed by atoms with Gasteiger partial charge in [0.2, 0.25) is 0 Å². The lowest BCUT2D eigenvalue weighted by atomic mass is 9.88. The highest BCUT2D eigenvalue weighted by atomic mass is 16.5. The Morgan fingerprint density at radius 3 is 2.71 bits per heavy atom. The highest BCUT2D eigenvalue weighted by Gasteiger charge is 2.38. The summed E-state index contributed by atoms with van der Waals surface area (Å²) >= 11 is 0. The predicted molar refractivity (Wildman–Crippen MR) is 57.4 cm³/mol. The van der Waals surface area contributed by atoms with Crippen molar-refractivity contribution in [2.45, 2.75) is 51.8 Å². The van der Waals surface area contributed by atoms with Gasteiger partial charge in [-0.15, -0.1) is 0 Å². The average molecular weight is 201 g/mol. The largest absolute Gasteiger partial charge is 0.391 e. The molecule has 3 atom stereocenters. The Morgan fingerprint density at radius 1 is 1.64 bits per heavy atom. The van der Waals surface area contributed by atoms with E-state index in [9.17, 15) is 5.11 Å². The molecule has 0 aromatic heterocycles.